The van der Waals surface area contributed by atoms with Gasteiger partial charge in [0.25, 0.3) is 0 Å². The molecule has 0 aliphatic carbocycles. The first kappa shape index (κ1) is 13.7. The molecule has 0 aliphatic rings. The highest BCUT2D eigenvalue weighted by Gasteiger charge is 2.08. The molecule has 3 heteroatoms. The molecule has 0 radical (unpaired) electrons. The van der Waals surface area contributed by atoms with E-state index in [1.807, 2.05) is 33.0 Å². The summed E-state index contributed by atoms with van der Waals surface area (Å²) in [4.78, 5) is 15.6. The number of nitrogens with zero attached hydrogens (tertiary/aromatic N) is 1. The minimum atomic E-state index is 0.142. The molecule has 0 N–H and O–H groups in total. The number of Topliss-reactive ketones (excluding diaryl/α,β-unsaturated/α-hetero) is 1. The first-order valence-corrected chi connectivity index (χ1v) is 6.06. The van der Waals surface area contributed by atoms with Crippen molar-refractivity contribution in [3.63, 3.8) is 0 Å². The van der Waals surface area contributed by atoms with Crippen molar-refractivity contribution in [3.05, 3.63) is 23.4 Å². The lowest BCUT2D eigenvalue weighted by atomic mass is 10.00. The van der Waals surface area contributed by atoms with E-state index in [4.69, 9.17) is 4.74 Å². The van der Waals surface area contributed by atoms with Crippen LogP contribution < -0.4 is 4.74 Å². The molecular formula is C14H21NO2. The monoisotopic (exact) mass is 235 g/mol. The Labute approximate surface area is 103 Å². The zero-order valence-electron chi connectivity index (χ0n) is 11.1. The fraction of sp³-hybridized carbons (Fsp3) is 0.571. The molecule has 0 aromatic carbocycles. The molecule has 1 rings (SSSR count). The second-order valence-corrected chi connectivity index (χ2v) is 4.63. The van der Waals surface area contributed by atoms with Crippen molar-refractivity contribution in [2.45, 2.75) is 40.0 Å². The molecule has 0 unspecified atom stereocenters. The Balaban J connectivity index is 2.54. The van der Waals surface area contributed by atoms with E-state index in [2.05, 4.69) is 4.98 Å². The Kier molecular flexibility index (Phi) is 5.13. The van der Waals surface area contributed by atoms with E-state index in [0.29, 0.717) is 18.1 Å². The summed E-state index contributed by atoms with van der Waals surface area (Å²) >= 11 is 0. The van der Waals surface area contributed by atoms with Crippen molar-refractivity contribution in [1.82, 2.24) is 4.98 Å². The lowest BCUT2D eigenvalue weighted by molar-refractivity contribution is -0.121. The van der Waals surface area contributed by atoms with E-state index in [1.165, 1.54) is 5.56 Å². The standard InChI is InChI=1S/C14H21NO2/c1-10(2)13(16)7-5-6-12-8-14(17-4)15-9-11(12)3/h8-10H,5-7H2,1-4H3. The van der Waals surface area contributed by atoms with Crippen molar-refractivity contribution in [3.8, 4) is 5.88 Å². The third-order valence-electron chi connectivity index (χ3n) is 2.91. The molecule has 17 heavy (non-hydrogen) atoms. The van der Waals surface area contributed by atoms with E-state index < -0.39 is 0 Å². The SMILES string of the molecule is COc1cc(CCCC(=O)C(C)C)c(C)cn1. The van der Waals surface area contributed by atoms with Gasteiger partial charge in [-0.05, 0) is 30.9 Å². The molecular weight excluding hydrogens is 214 g/mol. The molecule has 0 saturated carbocycles. The van der Waals surface area contributed by atoms with Crippen molar-refractivity contribution >= 4 is 5.78 Å². The van der Waals surface area contributed by atoms with Gasteiger partial charge in [-0.2, -0.15) is 0 Å². The molecule has 0 spiro atoms. The Bertz CT molecular complexity index is 386. The Hall–Kier alpha value is -1.38. The van der Waals surface area contributed by atoms with Gasteiger partial charge >= 0.3 is 0 Å². The zero-order chi connectivity index (χ0) is 12.8. The van der Waals surface area contributed by atoms with Crippen LogP contribution in [-0.2, 0) is 11.2 Å². The average molecular weight is 235 g/mol. The highest BCUT2D eigenvalue weighted by atomic mass is 16.5. The predicted molar refractivity (Wildman–Crippen MR) is 68.3 cm³/mol. The Morgan fingerprint density at radius 1 is 1.47 bits per heavy atom. The van der Waals surface area contributed by atoms with Crippen LogP contribution in [0, 0.1) is 12.8 Å². The van der Waals surface area contributed by atoms with Gasteiger partial charge in [-0.1, -0.05) is 13.8 Å². The number of ketones is 1. The maximum Gasteiger partial charge on any atom is 0.213 e. The summed E-state index contributed by atoms with van der Waals surface area (Å²) in [7, 11) is 1.61. The number of pyridine rings is 1. The molecule has 1 heterocycles. The molecule has 3 nitrogen and oxygen atoms in total. The molecule has 94 valence electrons. The van der Waals surface area contributed by atoms with Gasteiger partial charge in [0.05, 0.1) is 7.11 Å². The summed E-state index contributed by atoms with van der Waals surface area (Å²) in [6, 6.07) is 1.95. The highest BCUT2D eigenvalue weighted by molar-refractivity contribution is 5.80. The number of aromatic nitrogens is 1. The lowest BCUT2D eigenvalue weighted by Gasteiger charge is -2.08. The molecule has 0 bridgehead atoms. The summed E-state index contributed by atoms with van der Waals surface area (Å²) in [5.41, 5.74) is 2.37. The maximum atomic E-state index is 11.5. The summed E-state index contributed by atoms with van der Waals surface area (Å²) in [6.45, 7) is 5.93. The van der Waals surface area contributed by atoms with Gasteiger partial charge in [-0.15, -0.1) is 0 Å². The normalized spacial score (nSPS) is 10.6. The zero-order valence-corrected chi connectivity index (χ0v) is 11.1. The number of rotatable bonds is 6. The van der Waals surface area contributed by atoms with Crippen LogP contribution in [-0.4, -0.2) is 17.9 Å². The molecule has 0 atom stereocenters. The minimum absolute atomic E-state index is 0.142. The predicted octanol–water partition coefficient (Wildman–Crippen LogP) is 2.95. The Morgan fingerprint density at radius 3 is 2.76 bits per heavy atom. The second-order valence-electron chi connectivity index (χ2n) is 4.63. The molecule has 0 saturated heterocycles. The van der Waals surface area contributed by atoms with Crippen LogP contribution in [0.5, 0.6) is 5.88 Å². The first-order valence-electron chi connectivity index (χ1n) is 6.06. The van der Waals surface area contributed by atoms with Crippen molar-refractivity contribution < 1.29 is 9.53 Å². The third kappa shape index (κ3) is 4.17. The molecule has 1 aromatic rings. The summed E-state index contributed by atoms with van der Waals surface area (Å²) in [5.74, 6) is 1.12. The maximum absolute atomic E-state index is 11.5. The van der Waals surface area contributed by atoms with Crippen molar-refractivity contribution in [2.75, 3.05) is 7.11 Å². The molecule has 1 aromatic heterocycles. The number of carbonyl (C=O) groups is 1. The van der Waals surface area contributed by atoms with E-state index in [1.54, 1.807) is 7.11 Å². The van der Waals surface area contributed by atoms with Crippen LogP contribution in [0.2, 0.25) is 0 Å². The number of hydrogen-bond donors (Lipinski definition) is 0. The van der Waals surface area contributed by atoms with Gasteiger partial charge in [0.2, 0.25) is 5.88 Å². The largest absolute Gasteiger partial charge is 0.481 e. The quantitative estimate of drug-likeness (QED) is 0.761. The Morgan fingerprint density at radius 2 is 2.18 bits per heavy atom. The summed E-state index contributed by atoms with van der Waals surface area (Å²) in [6.07, 6.45) is 4.27. The van der Waals surface area contributed by atoms with Crippen LogP contribution in [0.4, 0.5) is 0 Å². The number of methoxy groups -OCH3 is 1. The van der Waals surface area contributed by atoms with Crippen LogP contribution in [0.15, 0.2) is 12.3 Å². The highest BCUT2D eigenvalue weighted by Crippen LogP contribution is 2.16. The number of carbonyl (C=O) groups excluding carboxylic acids is 1. The van der Waals surface area contributed by atoms with E-state index in [-0.39, 0.29) is 5.92 Å². The van der Waals surface area contributed by atoms with Crippen molar-refractivity contribution in [1.29, 1.82) is 0 Å². The van der Waals surface area contributed by atoms with Crippen LogP contribution >= 0.6 is 0 Å². The van der Waals surface area contributed by atoms with Gasteiger partial charge in [-0.25, -0.2) is 4.98 Å². The van der Waals surface area contributed by atoms with Gasteiger partial charge in [0, 0.05) is 24.6 Å². The van der Waals surface area contributed by atoms with Gasteiger partial charge < -0.3 is 4.74 Å². The van der Waals surface area contributed by atoms with Gasteiger partial charge in [0.15, 0.2) is 0 Å². The van der Waals surface area contributed by atoms with Gasteiger partial charge in [-0.3, -0.25) is 4.79 Å². The summed E-state index contributed by atoms with van der Waals surface area (Å²) in [5, 5.41) is 0. The average Bonchev–Trinajstić information content (AvgIpc) is 2.31. The summed E-state index contributed by atoms with van der Waals surface area (Å²) < 4.78 is 5.10. The number of ether oxygens (including phenoxy) is 1. The molecule has 0 aliphatic heterocycles. The van der Waals surface area contributed by atoms with Crippen molar-refractivity contribution in [2.24, 2.45) is 5.92 Å². The lowest BCUT2D eigenvalue weighted by Crippen LogP contribution is -2.07. The number of aryl methyl sites for hydroxylation is 2. The molecule has 0 fully saturated rings. The smallest absolute Gasteiger partial charge is 0.213 e. The van der Waals surface area contributed by atoms with Crippen LogP contribution in [0.1, 0.15) is 37.8 Å². The minimum Gasteiger partial charge on any atom is -0.481 e. The van der Waals surface area contributed by atoms with Gasteiger partial charge in [0.1, 0.15) is 5.78 Å². The number of hydrogen-bond acceptors (Lipinski definition) is 3. The second kappa shape index (κ2) is 6.38. The van der Waals surface area contributed by atoms with E-state index in [9.17, 15) is 4.79 Å². The van der Waals surface area contributed by atoms with Crippen LogP contribution in [0.3, 0.4) is 0 Å². The van der Waals surface area contributed by atoms with E-state index in [0.717, 1.165) is 18.4 Å². The van der Waals surface area contributed by atoms with E-state index >= 15 is 0 Å². The fourth-order valence-electron chi connectivity index (χ4n) is 1.67. The fourth-order valence-corrected chi connectivity index (χ4v) is 1.67. The third-order valence-corrected chi connectivity index (χ3v) is 2.91. The first-order chi connectivity index (χ1) is 8.04. The molecule has 0 amide bonds. The van der Waals surface area contributed by atoms with Crippen LogP contribution in [0.25, 0.3) is 0 Å². The topological polar surface area (TPSA) is 39.2 Å².